The molecule has 9 heteroatoms. The molecule has 108 valence electrons. The number of ketones is 2. The van der Waals surface area contributed by atoms with Gasteiger partial charge < -0.3 is 4.74 Å². The molecule has 2 bridgehead atoms. The monoisotopic (exact) mass is 394 g/mol. The first kappa shape index (κ1) is 14.4. The normalized spacial score (nSPS) is 55.1. The van der Waals surface area contributed by atoms with Gasteiger partial charge in [-0.3, -0.25) is 9.59 Å². The van der Waals surface area contributed by atoms with Gasteiger partial charge >= 0.3 is 0 Å². The van der Waals surface area contributed by atoms with E-state index >= 15 is 0 Å². The first-order valence-electron chi connectivity index (χ1n) is 5.66. The summed E-state index contributed by atoms with van der Waals surface area (Å²) in [6.45, 7) is 0. The average Bonchev–Trinajstić information content (AvgIpc) is 3.14. The second-order valence-electron chi connectivity index (χ2n) is 5.36. The molecular formula is C11H4Cl6O3. The van der Waals surface area contributed by atoms with Crippen LogP contribution in [0.4, 0.5) is 0 Å². The Kier molecular flexibility index (Phi) is 2.62. The standard InChI is InChI=1S/C11H4Cl6O3/c12-7-8(13)10(15)2-1(9(7,14)11(10,16)17)3(18)5-6(20-5)4(2)19/h1-2,5-6H/t1-,2+,5-,6+,9-,10-/m1/s1. The van der Waals surface area contributed by atoms with Gasteiger partial charge in [0.05, 0.1) is 21.9 Å². The van der Waals surface area contributed by atoms with Crippen LogP contribution >= 0.6 is 69.6 Å². The van der Waals surface area contributed by atoms with Gasteiger partial charge in [-0.05, 0) is 0 Å². The van der Waals surface area contributed by atoms with Crippen LogP contribution in [-0.4, -0.2) is 37.9 Å². The molecule has 4 aliphatic rings. The quantitative estimate of drug-likeness (QED) is 0.467. The predicted octanol–water partition coefficient (Wildman–Crippen LogP) is 2.98. The molecular weight excluding hydrogens is 393 g/mol. The Balaban J connectivity index is 2.03. The molecule has 3 fully saturated rings. The van der Waals surface area contributed by atoms with Crippen molar-refractivity contribution in [2.75, 3.05) is 0 Å². The van der Waals surface area contributed by atoms with E-state index in [4.69, 9.17) is 74.3 Å². The van der Waals surface area contributed by atoms with Crippen LogP contribution in [-0.2, 0) is 14.3 Å². The molecule has 0 aromatic heterocycles. The largest absolute Gasteiger partial charge is 0.353 e. The zero-order valence-electron chi connectivity index (χ0n) is 9.30. The third kappa shape index (κ3) is 1.12. The van der Waals surface area contributed by atoms with Crippen molar-refractivity contribution >= 4 is 81.2 Å². The maximum Gasteiger partial charge on any atom is 0.170 e. The average molecular weight is 397 g/mol. The van der Waals surface area contributed by atoms with Crippen LogP contribution in [0.3, 0.4) is 0 Å². The number of hydrogen-bond acceptors (Lipinski definition) is 3. The summed E-state index contributed by atoms with van der Waals surface area (Å²) in [7, 11) is 0. The minimum absolute atomic E-state index is 0.0812. The topological polar surface area (TPSA) is 46.7 Å². The molecule has 0 aromatic carbocycles. The van der Waals surface area contributed by atoms with E-state index in [2.05, 4.69) is 0 Å². The van der Waals surface area contributed by atoms with Crippen molar-refractivity contribution in [2.24, 2.45) is 11.8 Å². The zero-order chi connectivity index (χ0) is 14.8. The number of halogens is 6. The van der Waals surface area contributed by atoms with Gasteiger partial charge in [0.1, 0.15) is 9.75 Å². The van der Waals surface area contributed by atoms with Gasteiger partial charge in [0, 0.05) is 0 Å². The van der Waals surface area contributed by atoms with Gasteiger partial charge in [-0.2, -0.15) is 0 Å². The maximum atomic E-state index is 12.4. The third-order valence-corrected chi connectivity index (χ3v) is 8.86. The SMILES string of the molecule is O=C1[C@@H]2[C@H](C(=O)[C@H]3O[C@@H]13)[C@@]1(Cl)C(Cl)=C(Cl)[C@@]2(Cl)C1(Cl)Cl. The van der Waals surface area contributed by atoms with Crippen LogP contribution in [0.15, 0.2) is 10.1 Å². The first-order valence-corrected chi connectivity index (χ1v) is 7.93. The molecule has 0 amide bonds. The van der Waals surface area contributed by atoms with Gasteiger partial charge in [-0.1, -0.05) is 46.4 Å². The Morgan fingerprint density at radius 3 is 1.50 bits per heavy atom. The first-order chi connectivity index (χ1) is 9.11. The Morgan fingerprint density at radius 1 is 0.800 bits per heavy atom. The van der Waals surface area contributed by atoms with E-state index in [1.165, 1.54) is 0 Å². The number of allylic oxidation sites excluding steroid dienone is 2. The van der Waals surface area contributed by atoms with Crippen LogP contribution in [0.5, 0.6) is 0 Å². The van der Waals surface area contributed by atoms with Crippen LogP contribution in [0.25, 0.3) is 0 Å². The van der Waals surface area contributed by atoms with Crippen molar-refractivity contribution in [3.05, 3.63) is 10.1 Å². The molecule has 0 aromatic rings. The fraction of sp³-hybridized carbons (Fsp3) is 0.636. The summed E-state index contributed by atoms with van der Waals surface area (Å²) in [5.74, 6) is -2.79. The lowest BCUT2D eigenvalue weighted by Crippen LogP contribution is -2.51. The third-order valence-electron chi connectivity index (χ3n) is 4.60. The highest BCUT2D eigenvalue weighted by Gasteiger charge is 2.88. The molecule has 3 aliphatic carbocycles. The molecule has 0 N–H and O–H groups in total. The van der Waals surface area contributed by atoms with Crippen molar-refractivity contribution in [2.45, 2.75) is 26.3 Å². The summed E-state index contributed by atoms with van der Waals surface area (Å²) < 4.78 is 3.22. The van der Waals surface area contributed by atoms with Crippen LogP contribution < -0.4 is 0 Å². The molecule has 3 nitrogen and oxygen atoms in total. The molecule has 0 spiro atoms. The van der Waals surface area contributed by atoms with E-state index in [0.29, 0.717) is 0 Å². The number of hydrogen-bond donors (Lipinski definition) is 0. The fourth-order valence-electron chi connectivity index (χ4n) is 3.60. The van der Waals surface area contributed by atoms with Crippen LogP contribution in [0.2, 0.25) is 0 Å². The highest BCUT2D eigenvalue weighted by atomic mass is 35.5. The van der Waals surface area contributed by atoms with E-state index < -0.39 is 38.1 Å². The Morgan fingerprint density at radius 2 is 1.15 bits per heavy atom. The lowest BCUT2D eigenvalue weighted by Gasteiger charge is -2.36. The molecule has 2 saturated carbocycles. The lowest BCUT2D eigenvalue weighted by atomic mass is 9.71. The van der Waals surface area contributed by atoms with Gasteiger partial charge in [-0.15, -0.1) is 23.2 Å². The molecule has 20 heavy (non-hydrogen) atoms. The van der Waals surface area contributed by atoms with Crippen molar-refractivity contribution in [1.29, 1.82) is 0 Å². The smallest absolute Gasteiger partial charge is 0.170 e. The van der Waals surface area contributed by atoms with Crippen molar-refractivity contribution in [3.8, 4) is 0 Å². The zero-order valence-corrected chi connectivity index (χ0v) is 13.8. The fourth-order valence-corrected chi connectivity index (χ4v) is 6.56. The summed E-state index contributed by atoms with van der Waals surface area (Å²) in [4.78, 5) is 21.4. The summed E-state index contributed by atoms with van der Waals surface area (Å²) in [5, 5.41) is -0.162. The van der Waals surface area contributed by atoms with E-state index in [1.807, 2.05) is 0 Å². The van der Waals surface area contributed by atoms with Gasteiger partial charge in [0.25, 0.3) is 0 Å². The van der Waals surface area contributed by atoms with E-state index in [-0.39, 0.29) is 21.6 Å². The van der Waals surface area contributed by atoms with Crippen LogP contribution in [0, 0.1) is 11.8 Å². The maximum absolute atomic E-state index is 12.4. The Hall–Kier alpha value is 0.780. The molecule has 1 heterocycles. The lowest BCUT2D eigenvalue weighted by molar-refractivity contribution is -0.135. The number of epoxide rings is 1. The van der Waals surface area contributed by atoms with Crippen molar-refractivity contribution in [3.63, 3.8) is 0 Å². The summed E-state index contributed by atoms with van der Waals surface area (Å²) in [6, 6.07) is 0. The number of Topliss-reactive ketones (excluding diaryl/α,β-unsaturated/α-hetero) is 2. The highest BCUT2D eigenvalue weighted by Crippen LogP contribution is 2.77. The predicted molar refractivity (Wildman–Crippen MR) is 76.0 cm³/mol. The minimum Gasteiger partial charge on any atom is -0.353 e. The molecule has 0 unspecified atom stereocenters. The number of carbonyl (C=O) groups excluding carboxylic acids is 2. The molecule has 6 atom stereocenters. The number of rotatable bonds is 0. The van der Waals surface area contributed by atoms with Crippen molar-refractivity contribution < 1.29 is 14.3 Å². The Labute approximate surface area is 143 Å². The number of ether oxygens (including phenoxy) is 1. The number of fused-ring (bicyclic) bond motifs is 6. The Bertz CT molecular complexity index is 580. The number of carbonyl (C=O) groups is 2. The molecule has 0 radical (unpaired) electrons. The van der Waals surface area contributed by atoms with Gasteiger partial charge in [-0.25, -0.2) is 0 Å². The molecule has 1 aliphatic heterocycles. The van der Waals surface area contributed by atoms with E-state index in [1.54, 1.807) is 0 Å². The van der Waals surface area contributed by atoms with Crippen LogP contribution in [0.1, 0.15) is 0 Å². The molecule has 4 rings (SSSR count). The highest BCUT2D eigenvalue weighted by molar-refractivity contribution is 6.66. The number of alkyl halides is 4. The van der Waals surface area contributed by atoms with Crippen molar-refractivity contribution in [1.82, 2.24) is 0 Å². The second kappa shape index (κ2) is 3.64. The summed E-state index contributed by atoms with van der Waals surface area (Å²) in [5.41, 5.74) is 0. The van der Waals surface area contributed by atoms with E-state index in [9.17, 15) is 9.59 Å². The second-order valence-corrected chi connectivity index (χ2v) is 8.64. The van der Waals surface area contributed by atoms with Gasteiger partial charge in [0.15, 0.2) is 28.1 Å². The van der Waals surface area contributed by atoms with Gasteiger partial charge in [0.2, 0.25) is 0 Å². The summed E-state index contributed by atoms with van der Waals surface area (Å²) in [6.07, 6.45) is -1.60. The summed E-state index contributed by atoms with van der Waals surface area (Å²) >= 11 is 37.9. The minimum atomic E-state index is -1.87. The van der Waals surface area contributed by atoms with E-state index in [0.717, 1.165) is 0 Å². The molecule has 1 saturated heterocycles.